The SMILES string of the molecule is O=C(Cn1nnc2ccccc21)NN=Cc1cccc([N+](=O)[O-])c1. The first-order valence-corrected chi connectivity index (χ1v) is 6.98. The summed E-state index contributed by atoms with van der Waals surface area (Å²) in [5, 5.41) is 22.4. The zero-order valence-corrected chi connectivity index (χ0v) is 12.4. The fraction of sp³-hybridized carbons (Fsp3) is 0.0667. The summed E-state index contributed by atoms with van der Waals surface area (Å²) in [5.41, 5.74) is 4.27. The van der Waals surface area contributed by atoms with Crippen LogP contribution in [-0.4, -0.2) is 32.0 Å². The van der Waals surface area contributed by atoms with Crippen LogP contribution in [0.5, 0.6) is 0 Å². The van der Waals surface area contributed by atoms with Gasteiger partial charge in [-0.3, -0.25) is 14.9 Å². The third-order valence-corrected chi connectivity index (χ3v) is 3.20. The molecule has 1 amide bonds. The van der Waals surface area contributed by atoms with Crippen molar-refractivity contribution in [3.05, 3.63) is 64.2 Å². The third kappa shape index (κ3) is 3.40. The van der Waals surface area contributed by atoms with Gasteiger partial charge in [0, 0.05) is 17.7 Å². The van der Waals surface area contributed by atoms with Crippen LogP contribution in [0.25, 0.3) is 11.0 Å². The summed E-state index contributed by atoms with van der Waals surface area (Å²) in [6, 6.07) is 13.2. The topological polar surface area (TPSA) is 115 Å². The van der Waals surface area contributed by atoms with Gasteiger partial charge in [0.05, 0.1) is 16.7 Å². The van der Waals surface area contributed by atoms with Gasteiger partial charge < -0.3 is 0 Å². The summed E-state index contributed by atoms with van der Waals surface area (Å²) >= 11 is 0. The maximum Gasteiger partial charge on any atom is 0.270 e. The van der Waals surface area contributed by atoms with Crippen LogP contribution in [0.15, 0.2) is 53.6 Å². The number of nitro groups is 1. The largest absolute Gasteiger partial charge is 0.271 e. The molecule has 0 fully saturated rings. The third-order valence-electron chi connectivity index (χ3n) is 3.20. The number of rotatable bonds is 5. The van der Waals surface area contributed by atoms with Gasteiger partial charge in [0.2, 0.25) is 0 Å². The number of carbonyl (C=O) groups is 1. The van der Waals surface area contributed by atoms with Crippen molar-refractivity contribution in [2.75, 3.05) is 0 Å². The number of amides is 1. The number of hydrogen-bond acceptors (Lipinski definition) is 6. The molecule has 2 aromatic carbocycles. The predicted molar refractivity (Wildman–Crippen MR) is 86.4 cm³/mol. The van der Waals surface area contributed by atoms with Crippen molar-refractivity contribution in [1.82, 2.24) is 20.4 Å². The van der Waals surface area contributed by atoms with Crippen molar-refractivity contribution in [1.29, 1.82) is 0 Å². The molecule has 1 aromatic heterocycles. The minimum atomic E-state index is -0.494. The summed E-state index contributed by atoms with van der Waals surface area (Å²) in [5.74, 6) is -0.382. The van der Waals surface area contributed by atoms with E-state index in [9.17, 15) is 14.9 Å². The minimum absolute atomic E-state index is 0.0349. The summed E-state index contributed by atoms with van der Waals surface area (Å²) in [4.78, 5) is 22.1. The number of hydrazone groups is 1. The van der Waals surface area contributed by atoms with E-state index in [4.69, 9.17) is 0 Å². The molecule has 0 aliphatic carbocycles. The van der Waals surface area contributed by atoms with Crippen molar-refractivity contribution < 1.29 is 9.72 Å². The molecule has 0 unspecified atom stereocenters. The standard InChI is InChI=1S/C15H12N6O3/c22-15(10-20-14-7-2-1-6-13(14)17-19-20)18-16-9-11-4-3-5-12(8-11)21(23)24/h1-9H,10H2,(H,18,22). The normalized spacial score (nSPS) is 11.0. The lowest BCUT2D eigenvalue weighted by molar-refractivity contribution is -0.384. The van der Waals surface area contributed by atoms with E-state index in [0.717, 1.165) is 5.52 Å². The molecule has 120 valence electrons. The monoisotopic (exact) mass is 324 g/mol. The molecule has 24 heavy (non-hydrogen) atoms. The Bertz CT molecular complexity index is 934. The Balaban J connectivity index is 1.63. The fourth-order valence-electron chi connectivity index (χ4n) is 2.10. The molecule has 0 atom stereocenters. The second-order valence-corrected chi connectivity index (χ2v) is 4.88. The van der Waals surface area contributed by atoms with Gasteiger partial charge in [-0.2, -0.15) is 5.10 Å². The Kier molecular flexibility index (Phi) is 4.23. The van der Waals surface area contributed by atoms with Crippen molar-refractivity contribution in [2.45, 2.75) is 6.54 Å². The first-order chi connectivity index (χ1) is 11.6. The first-order valence-electron chi connectivity index (χ1n) is 6.98. The minimum Gasteiger partial charge on any atom is -0.271 e. The van der Waals surface area contributed by atoms with Gasteiger partial charge in [0.25, 0.3) is 11.6 Å². The number of nitrogens with one attached hydrogen (secondary N) is 1. The summed E-state index contributed by atoms with van der Waals surface area (Å²) in [6.45, 7) is -0.0349. The van der Waals surface area contributed by atoms with Crippen molar-refractivity contribution in [3.8, 4) is 0 Å². The van der Waals surface area contributed by atoms with Crippen molar-refractivity contribution in [3.63, 3.8) is 0 Å². The lowest BCUT2D eigenvalue weighted by Gasteiger charge is -2.01. The number of non-ortho nitro benzene ring substituents is 1. The van der Waals surface area contributed by atoms with E-state index < -0.39 is 4.92 Å². The van der Waals surface area contributed by atoms with E-state index in [1.807, 2.05) is 18.2 Å². The molecule has 9 nitrogen and oxygen atoms in total. The van der Waals surface area contributed by atoms with Crippen molar-refractivity contribution in [2.24, 2.45) is 5.10 Å². The molecule has 9 heteroatoms. The van der Waals surface area contributed by atoms with Gasteiger partial charge in [-0.1, -0.05) is 29.5 Å². The number of carbonyl (C=O) groups excluding carboxylic acids is 1. The van der Waals surface area contributed by atoms with Crippen LogP contribution in [0.2, 0.25) is 0 Å². The molecular weight excluding hydrogens is 312 g/mol. The van der Waals surface area contributed by atoms with Crippen LogP contribution in [0.3, 0.4) is 0 Å². The Labute approximate surface area is 135 Å². The fourth-order valence-corrected chi connectivity index (χ4v) is 2.10. The van der Waals surface area contributed by atoms with Crippen LogP contribution in [0.4, 0.5) is 5.69 Å². The van der Waals surface area contributed by atoms with Crippen LogP contribution in [0.1, 0.15) is 5.56 Å². The average Bonchev–Trinajstić information content (AvgIpc) is 2.98. The van der Waals surface area contributed by atoms with Crippen LogP contribution in [-0.2, 0) is 11.3 Å². The van der Waals surface area contributed by atoms with Crippen LogP contribution in [0, 0.1) is 10.1 Å². The Hall–Kier alpha value is -3.62. The van der Waals surface area contributed by atoms with E-state index in [-0.39, 0.29) is 18.1 Å². The molecule has 0 saturated carbocycles. The highest BCUT2D eigenvalue weighted by Gasteiger charge is 2.08. The van der Waals surface area contributed by atoms with E-state index in [0.29, 0.717) is 11.1 Å². The van der Waals surface area contributed by atoms with Gasteiger partial charge in [-0.25, -0.2) is 10.1 Å². The van der Waals surface area contributed by atoms with Gasteiger partial charge >= 0.3 is 0 Å². The maximum absolute atomic E-state index is 11.9. The summed E-state index contributed by atoms with van der Waals surface area (Å²) in [7, 11) is 0. The highest BCUT2D eigenvalue weighted by Crippen LogP contribution is 2.11. The lowest BCUT2D eigenvalue weighted by Crippen LogP contribution is -2.23. The predicted octanol–water partition coefficient (Wildman–Crippen LogP) is 1.49. The highest BCUT2D eigenvalue weighted by atomic mass is 16.6. The molecule has 0 spiro atoms. The summed E-state index contributed by atoms with van der Waals surface area (Å²) < 4.78 is 1.47. The number of benzene rings is 2. The second kappa shape index (κ2) is 6.65. The molecular formula is C15H12N6O3. The second-order valence-electron chi connectivity index (χ2n) is 4.88. The van der Waals surface area contributed by atoms with E-state index in [1.54, 1.807) is 18.2 Å². The first kappa shape index (κ1) is 15.3. The number of nitro benzene ring substituents is 1. The molecule has 0 radical (unpaired) electrons. The average molecular weight is 324 g/mol. The van der Waals surface area contributed by atoms with Gasteiger partial charge in [0.1, 0.15) is 12.1 Å². The molecule has 0 bridgehead atoms. The number of hydrogen-bond donors (Lipinski definition) is 1. The Morgan fingerprint density at radius 3 is 2.96 bits per heavy atom. The number of aromatic nitrogens is 3. The van der Waals surface area contributed by atoms with Gasteiger partial charge in [-0.05, 0) is 12.1 Å². The van der Waals surface area contributed by atoms with E-state index in [2.05, 4.69) is 20.8 Å². The molecule has 0 aliphatic rings. The number of nitrogens with zero attached hydrogens (tertiary/aromatic N) is 5. The molecule has 3 aromatic rings. The molecule has 1 N–H and O–H groups in total. The smallest absolute Gasteiger partial charge is 0.270 e. The van der Waals surface area contributed by atoms with Gasteiger partial charge in [-0.15, -0.1) is 5.10 Å². The molecule has 1 heterocycles. The van der Waals surface area contributed by atoms with E-state index in [1.165, 1.54) is 23.0 Å². The highest BCUT2D eigenvalue weighted by molar-refractivity contribution is 5.83. The quantitative estimate of drug-likeness (QED) is 0.434. The zero-order valence-electron chi connectivity index (χ0n) is 12.4. The maximum atomic E-state index is 11.9. The Morgan fingerprint density at radius 2 is 2.12 bits per heavy atom. The Morgan fingerprint density at radius 1 is 1.29 bits per heavy atom. The molecule has 3 rings (SSSR count). The lowest BCUT2D eigenvalue weighted by atomic mass is 10.2. The molecule has 0 saturated heterocycles. The molecule has 0 aliphatic heterocycles. The van der Waals surface area contributed by atoms with Crippen LogP contribution < -0.4 is 5.43 Å². The number of para-hydroxylation sites is 1. The summed E-state index contributed by atoms with van der Waals surface area (Å²) in [6.07, 6.45) is 1.34. The van der Waals surface area contributed by atoms with E-state index >= 15 is 0 Å². The number of fused-ring (bicyclic) bond motifs is 1. The zero-order chi connectivity index (χ0) is 16.9. The van der Waals surface area contributed by atoms with Crippen molar-refractivity contribution >= 4 is 28.8 Å². The van der Waals surface area contributed by atoms with Crippen LogP contribution >= 0.6 is 0 Å². The van der Waals surface area contributed by atoms with Gasteiger partial charge in [0.15, 0.2) is 0 Å².